The number of carbonyl (C=O) groups is 2. The Labute approximate surface area is 193 Å². The molecule has 176 valence electrons. The molecule has 2 atom stereocenters. The second-order valence-electron chi connectivity index (χ2n) is 9.10. The highest BCUT2D eigenvalue weighted by molar-refractivity contribution is 7.93. The molecule has 0 aromatic heterocycles. The fraction of sp³-hybridized carbons (Fsp3) is 0.391. The van der Waals surface area contributed by atoms with Crippen LogP contribution in [0.15, 0.2) is 53.4 Å². The van der Waals surface area contributed by atoms with Gasteiger partial charge in [0.25, 0.3) is 5.91 Å². The molecule has 0 spiro atoms. The Balaban J connectivity index is 1.48. The van der Waals surface area contributed by atoms with E-state index in [0.29, 0.717) is 42.3 Å². The molecular formula is C23H28N4O5S. The minimum absolute atomic E-state index is 0.304. The van der Waals surface area contributed by atoms with E-state index in [1.807, 2.05) is 29.2 Å². The van der Waals surface area contributed by atoms with Crippen molar-refractivity contribution in [3.8, 4) is 0 Å². The van der Waals surface area contributed by atoms with Crippen LogP contribution < -0.4 is 21.0 Å². The Morgan fingerprint density at radius 2 is 1.82 bits per heavy atom. The molecule has 2 aromatic rings. The number of hydrogen-bond acceptors (Lipinski definition) is 7. The number of sulfone groups is 1. The number of benzene rings is 2. The van der Waals surface area contributed by atoms with E-state index in [4.69, 9.17) is 5.21 Å². The molecule has 4 N–H and O–H groups in total. The summed E-state index contributed by atoms with van der Waals surface area (Å²) in [7, 11) is -3.43. The largest absolute Gasteiger partial charge is 0.365 e. The van der Waals surface area contributed by atoms with Gasteiger partial charge in [-0.3, -0.25) is 14.8 Å². The summed E-state index contributed by atoms with van der Waals surface area (Å²) in [6, 6.07) is 13.7. The average molecular weight is 473 g/mol. The number of fused-ring (bicyclic) bond motifs is 1. The number of nitrogens with one attached hydrogen (secondary N) is 3. The first-order valence-electron chi connectivity index (χ1n) is 10.8. The lowest BCUT2D eigenvalue weighted by atomic mass is 10.0. The minimum atomic E-state index is -3.43. The average Bonchev–Trinajstić information content (AvgIpc) is 3.25. The Hall–Kier alpha value is -2.95. The number of carbonyl (C=O) groups excluding carboxylic acids is 2. The van der Waals surface area contributed by atoms with Crippen molar-refractivity contribution in [3.63, 3.8) is 0 Å². The third-order valence-electron chi connectivity index (χ3n) is 6.36. The van der Waals surface area contributed by atoms with Crippen LogP contribution >= 0.6 is 0 Å². The van der Waals surface area contributed by atoms with Gasteiger partial charge in [0.2, 0.25) is 5.91 Å². The van der Waals surface area contributed by atoms with Gasteiger partial charge in [0.05, 0.1) is 27.3 Å². The zero-order valence-corrected chi connectivity index (χ0v) is 19.4. The second-order valence-corrected chi connectivity index (χ2v) is 11.7. The molecule has 4 rings (SSSR count). The number of anilines is 1. The Morgan fingerprint density at radius 3 is 2.52 bits per heavy atom. The van der Waals surface area contributed by atoms with E-state index < -0.39 is 32.5 Å². The van der Waals surface area contributed by atoms with Crippen LogP contribution in [-0.4, -0.2) is 55.9 Å². The summed E-state index contributed by atoms with van der Waals surface area (Å²) in [5, 5.41) is 14.8. The molecule has 0 saturated carbocycles. The summed E-state index contributed by atoms with van der Waals surface area (Å²) < 4.78 is 25.0. The monoisotopic (exact) mass is 472 g/mol. The fourth-order valence-corrected chi connectivity index (χ4v) is 6.09. The summed E-state index contributed by atoms with van der Waals surface area (Å²) in [5.41, 5.74) is 3.72. The van der Waals surface area contributed by atoms with Crippen LogP contribution in [-0.2, 0) is 21.2 Å². The molecule has 2 aliphatic heterocycles. The molecule has 0 aliphatic carbocycles. The van der Waals surface area contributed by atoms with Crippen molar-refractivity contribution in [1.82, 2.24) is 16.1 Å². The van der Waals surface area contributed by atoms with E-state index in [0.717, 1.165) is 5.56 Å². The predicted octanol–water partition coefficient (Wildman–Crippen LogP) is 1.08. The fourth-order valence-electron chi connectivity index (χ4n) is 4.44. The summed E-state index contributed by atoms with van der Waals surface area (Å²) >= 11 is 0. The molecular weight excluding hydrogens is 444 g/mol. The SMILES string of the molecule is CC1(C)CN(Cc2ccc(C(=O)N[C@@H]3CNC[C@@H]3C(=O)NO)cc2)c2ccccc2S1(=O)=O. The van der Waals surface area contributed by atoms with Crippen LogP contribution in [0.25, 0.3) is 0 Å². The quantitative estimate of drug-likeness (QED) is 0.379. The van der Waals surface area contributed by atoms with Gasteiger partial charge < -0.3 is 15.5 Å². The first kappa shape index (κ1) is 23.2. The van der Waals surface area contributed by atoms with Crippen molar-refractivity contribution < 1.29 is 23.2 Å². The van der Waals surface area contributed by atoms with Gasteiger partial charge in [-0.25, -0.2) is 13.9 Å². The molecule has 0 radical (unpaired) electrons. The molecule has 2 heterocycles. The van der Waals surface area contributed by atoms with E-state index in [1.165, 1.54) is 0 Å². The topological polar surface area (TPSA) is 128 Å². The van der Waals surface area contributed by atoms with Gasteiger partial charge in [0.1, 0.15) is 0 Å². The van der Waals surface area contributed by atoms with Crippen LogP contribution in [0.5, 0.6) is 0 Å². The van der Waals surface area contributed by atoms with Crippen molar-refractivity contribution in [2.75, 3.05) is 24.5 Å². The molecule has 0 bridgehead atoms. The molecule has 1 saturated heterocycles. The van der Waals surface area contributed by atoms with Crippen molar-refractivity contribution in [3.05, 3.63) is 59.7 Å². The van der Waals surface area contributed by atoms with Gasteiger partial charge >= 0.3 is 0 Å². The highest BCUT2D eigenvalue weighted by atomic mass is 32.2. The van der Waals surface area contributed by atoms with E-state index in [1.54, 1.807) is 43.6 Å². The number of rotatable bonds is 5. The van der Waals surface area contributed by atoms with Gasteiger partial charge in [-0.1, -0.05) is 24.3 Å². The Kier molecular flexibility index (Phi) is 6.17. The molecule has 2 amide bonds. The molecule has 9 nitrogen and oxygen atoms in total. The number of para-hydroxylation sites is 1. The van der Waals surface area contributed by atoms with Gasteiger partial charge in [0.15, 0.2) is 9.84 Å². The van der Waals surface area contributed by atoms with E-state index >= 15 is 0 Å². The van der Waals surface area contributed by atoms with Gasteiger partial charge in [0, 0.05) is 31.7 Å². The van der Waals surface area contributed by atoms with Crippen molar-refractivity contribution in [2.45, 2.75) is 36.1 Å². The highest BCUT2D eigenvalue weighted by Crippen LogP contribution is 2.39. The zero-order chi connectivity index (χ0) is 23.8. The smallest absolute Gasteiger partial charge is 0.251 e. The second kappa shape index (κ2) is 8.77. The number of hydrogen-bond donors (Lipinski definition) is 4. The number of amides is 2. The van der Waals surface area contributed by atoms with Crippen LogP contribution in [0.2, 0.25) is 0 Å². The first-order valence-corrected chi connectivity index (χ1v) is 12.3. The molecule has 10 heteroatoms. The summed E-state index contributed by atoms with van der Waals surface area (Å²) in [5.74, 6) is -1.38. The van der Waals surface area contributed by atoms with Crippen LogP contribution in [0.1, 0.15) is 29.8 Å². The van der Waals surface area contributed by atoms with Crippen molar-refractivity contribution >= 4 is 27.3 Å². The van der Waals surface area contributed by atoms with Crippen molar-refractivity contribution in [2.24, 2.45) is 5.92 Å². The predicted molar refractivity (Wildman–Crippen MR) is 123 cm³/mol. The standard InChI is InChI=1S/C23H28N4O5S/c1-23(2)14-27(19-5-3-4-6-20(19)33(23,31)32)13-15-7-9-16(10-8-15)21(28)25-18-12-24-11-17(18)22(29)26-30/h3-10,17-18,24,30H,11-14H2,1-2H3,(H,25,28)(H,26,29)/t17-,18+/m0/s1. The first-order chi connectivity index (χ1) is 15.6. The summed E-state index contributed by atoms with van der Waals surface area (Å²) in [6.07, 6.45) is 0. The lowest BCUT2D eigenvalue weighted by Gasteiger charge is -2.40. The normalized spacial score (nSPS) is 22.9. The van der Waals surface area contributed by atoms with Gasteiger partial charge in [-0.15, -0.1) is 0 Å². The van der Waals surface area contributed by atoms with Crippen LogP contribution in [0.3, 0.4) is 0 Å². The third kappa shape index (κ3) is 4.33. The van der Waals surface area contributed by atoms with Gasteiger partial charge in [-0.05, 0) is 43.7 Å². The lowest BCUT2D eigenvalue weighted by Crippen LogP contribution is -2.48. The zero-order valence-electron chi connectivity index (χ0n) is 18.5. The highest BCUT2D eigenvalue weighted by Gasteiger charge is 2.43. The Morgan fingerprint density at radius 1 is 1.12 bits per heavy atom. The van der Waals surface area contributed by atoms with Gasteiger partial charge in [-0.2, -0.15) is 0 Å². The van der Waals surface area contributed by atoms with E-state index in [9.17, 15) is 18.0 Å². The molecule has 33 heavy (non-hydrogen) atoms. The lowest BCUT2D eigenvalue weighted by molar-refractivity contribution is -0.133. The van der Waals surface area contributed by atoms with Crippen molar-refractivity contribution in [1.29, 1.82) is 0 Å². The Bertz CT molecular complexity index is 1160. The van der Waals surface area contributed by atoms with Crippen LogP contribution in [0.4, 0.5) is 5.69 Å². The third-order valence-corrected chi connectivity index (χ3v) is 8.87. The maximum absolute atomic E-state index is 13.0. The maximum atomic E-state index is 13.0. The summed E-state index contributed by atoms with van der Waals surface area (Å²) in [6.45, 7) is 5.15. The number of hydroxylamine groups is 1. The van der Waals surface area contributed by atoms with Crippen LogP contribution in [0, 0.1) is 5.92 Å². The summed E-state index contributed by atoms with van der Waals surface area (Å²) in [4.78, 5) is 26.8. The molecule has 0 unspecified atom stereocenters. The van der Waals surface area contributed by atoms with E-state index in [-0.39, 0.29) is 5.91 Å². The number of nitrogens with zero attached hydrogens (tertiary/aromatic N) is 1. The minimum Gasteiger partial charge on any atom is -0.365 e. The maximum Gasteiger partial charge on any atom is 0.251 e. The molecule has 2 aromatic carbocycles. The molecule has 1 fully saturated rings. The molecule has 2 aliphatic rings. The van der Waals surface area contributed by atoms with E-state index in [2.05, 4.69) is 10.6 Å².